The van der Waals surface area contributed by atoms with Crippen molar-refractivity contribution in [3.63, 3.8) is 0 Å². The van der Waals surface area contributed by atoms with Crippen LogP contribution in [-0.2, 0) is 16.3 Å². The molecule has 0 aliphatic heterocycles. The van der Waals surface area contributed by atoms with E-state index >= 15 is 0 Å². The summed E-state index contributed by atoms with van der Waals surface area (Å²) in [6, 6.07) is 15.3. The lowest BCUT2D eigenvalue weighted by Crippen LogP contribution is -2.01. The highest BCUT2D eigenvalue weighted by Crippen LogP contribution is 2.30. The van der Waals surface area contributed by atoms with Gasteiger partial charge in [0.2, 0.25) is 0 Å². The smallest absolute Gasteiger partial charge is 0.175 e. The van der Waals surface area contributed by atoms with Gasteiger partial charge in [0, 0.05) is 23.0 Å². The molecule has 0 radical (unpaired) electrons. The molecule has 0 unspecified atom stereocenters. The maximum absolute atomic E-state index is 13.3. The number of aromatic nitrogens is 1. The van der Waals surface area contributed by atoms with Crippen LogP contribution in [0.4, 0.5) is 4.39 Å². The predicted molar refractivity (Wildman–Crippen MR) is 107 cm³/mol. The zero-order chi connectivity index (χ0) is 18.9. The van der Waals surface area contributed by atoms with E-state index in [1.807, 2.05) is 19.1 Å². The largest absolute Gasteiger partial charge is 0.314 e. The summed E-state index contributed by atoms with van der Waals surface area (Å²) in [6.45, 7) is 2.04. The fraction of sp³-hybridized carbons (Fsp3) is 0.200. The summed E-state index contributed by atoms with van der Waals surface area (Å²) in [4.78, 5) is 0.290. The number of hydrogen-bond donors (Lipinski definition) is 0. The second-order valence-electron chi connectivity index (χ2n) is 6.19. The van der Waals surface area contributed by atoms with Crippen molar-refractivity contribution in [2.75, 3.05) is 11.6 Å². The van der Waals surface area contributed by atoms with Gasteiger partial charge in [0.15, 0.2) is 9.84 Å². The molecule has 3 rings (SSSR count). The SMILES string of the molecule is Cc1c(CCBr)cc(-c2ccc(S(C)(=O)=O)cc2)n1-c1ccc(F)cc1. The zero-order valence-corrected chi connectivity index (χ0v) is 16.9. The average Bonchev–Trinajstić information content (AvgIpc) is 2.92. The molecule has 0 spiro atoms. The van der Waals surface area contributed by atoms with Crippen molar-refractivity contribution in [1.29, 1.82) is 0 Å². The fourth-order valence-electron chi connectivity index (χ4n) is 3.02. The summed E-state index contributed by atoms with van der Waals surface area (Å²) in [6.07, 6.45) is 2.07. The van der Waals surface area contributed by atoms with Crippen molar-refractivity contribution in [2.24, 2.45) is 0 Å². The van der Waals surface area contributed by atoms with Gasteiger partial charge in [-0.3, -0.25) is 0 Å². The van der Waals surface area contributed by atoms with Gasteiger partial charge in [-0.05, 0) is 66.9 Å². The second-order valence-corrected chi connectivity index (χ2v) is 9.00. The summed E-state index contributed by atoms with van der Waals surface area (Å²) in [5.74, 6) is -0.279. The molecular weight excluding hydrogens is 417 g/mol. The molecule has 0 atom stereocenters. The number of alkyl halides is 1. The van der Waals surface area contributed by atoms with E-state index in [0.717, 1.165) is 34.4 Å². The quantitative estimate of drug-likeness (QED) is 0.532. The van der Waals surface area contributed by atoms with Gasteiger partial charge >= 0.3 is 0 Å². The molecule has 3 aromatic rings. The van der Waals surface area contributed by atoms with E-state index in [4.69, 9.17) is 0 Å². The molecule has 6 heteroatoms. The van der Waals surface area contributed by atoms with Crippen LogP contribution < -0.4 is 0 Å². The Bertz CT molecular complexity index is 1020. The first kappa shape index (κ1) is 18.9. The van der Waals surface area contributed by atoms with E-state index in [1.165, 1.54) is 24.0 Å². The summed E-state index contributed by atoms with van der Waals surface area (Å²) in [5.41, 5.74) is 4.99. The number of rotatable bonds is 5. The van der Waals surface area contributed by atoms with E-state index in [1.54, 1.807) is 24.3 Å². The molecule has 1 heterocycles. The van der Waals surface area contributed by atoms with E-state index < -0.39 is 9.84 Å². The van der Waals surface area contributed by atoms with Crippen LogP contribution in [0.25, 0.3) is 16.9 Å². The van der Waals surface area contributed by atoms with Crippen molar-refractivity contribution in [2.45, 2.75) is 18.2 Å². The first-order valence-corrected chi connectivity index (χ1v) is 11.2. The minimum absolute atomic E-state index is 0.279. The van der Waals surface area contributed by atoms with Gasteiger partial charge in [-0.15, -0.1) is 0 Å². The molecule has 1 aromatic heterocycles. The molecule has 136 valence electrons. The summed E-state index contributed by atoms with van der Waals surface area (Å²) < 4.78 is 38.8. The Morgan fingerprint density at radius 3 is 2.19 bits per heavy atom. The topological polar surface area (TPSA) is 39.1 Å². The highest BCUT2D eigenvalue weighted by Gasteiger charge is 2.15. The van der Waals surface area contributed by atoms with Gasteiger partial charge in [0.1, 0.15) is 5.82 Å². The molecular formula is C20H19BrFNO2S. The van der Waals surface area contributed by atoms with Crippen LogP contribution in [-0.4, -0.2) is 24.6 Å². The minimum atomic E-state index is -3.24. The molecule has 0 fully saturated rings. The van der Waals surface area contributed by atoms with Gasteiger partial charge in [-0.2, -0.15) is 0 Å². The van der Waals surface area contributed by atoms with Gasteiger partial charge in [-0.1, -0.05) is 28.1 Å². The standard InChI is InChI=1S/C20H19BrFNO2S/c1-14-16(11-12-21)13-20(23(14)18-7-5-17(22)6-8-18)15-3-9-19(10-4-15)26(2,24)25/h3-10,13H,11-12H2,1-2H3. The van der Waals surface area contributed by atoms with Gasteiger partial charge in [-0.25, -0.2) is 12.8 Å². The van der Waals surface area contributed by atoms with Crippen molar-refractivity contribution in [3.05, 3.63) is 71.7 Å². The lowest BCUT2D eigenvalue weighted by Gasteiger charge is -2.13. The average molecular weight is 436 g/mol. The highest BCUT2D eigenvalue weighted by molar-refractivity contribution is 9.09. The van der Waals surface area contributed by atoms with Crippen LogP contribution >= 0.6 is 15.9 Å². The lowest BCUT2D eigenvalue weighted by molar-refractivity contribution is 0.602. The maximum Gasteiger partial charge on any atom is 0.175 e. The summed E-state index contributed by atoms with van der Waals surface area (Å²) in [5, 5.41) is 0.841. The summed E-state index contributed by atoms with van der Waals surface area (Å²) >= 11 is 3.48. The Balaban J connectivity index is 2.17. The molecule has 26 heavy (non-hydrogen) atoms. The molecule has 0 saturated heterocycles. The van der Waals surface area contributed by atoms with Crippen LogP contribution in [0.3, 0.4) is 0 Å². The third kappa shape index (κ3) is 3.76. The number of hydrogen-bond acceptors (Lipinski definition) is 2. The summed E-state index contributed by atoms with van der Waals surface area (Å²) in [7, 11) is -3.24. The van der Waals surface area contributed by atoms with Crippen LogP contribution in [0.2, 0.25) is 0 Å². The Morgan fingerprint density at radius 1 is 1.04 bits per heavy atom. The third-order valence-electron chi connectivity index (χ3n) is 4.38. The van der Waals surface area contributed by atoms with Crippen molar-refractivity contribution in [3.8, 4) is 16.9 Å². The van der Waals surface area contributed by atoms with E-state index in [9.17, 15) is 12.8 Å². The molecule has 2 aromatic carbocycles. The third-order valence-corrected chi connectivity index (χ3v) is 5.90. The molecule has 3 nitrogen and oxygen atoms in total. The van der Waals surface area contributed by atoms with Crippen molar-refractivity contribution in [1.82, 2.24) is 4.57 Å². The van der Waals surface area contributed by atoms with Gasteiger partial charge in [0.05, 0.1) is 10.6 Å². The first-order chi connectivity index (χ1) is 12.3. The number of benzene rings is 2. The van der Waals surface area contributed by atoms with Gasteiger partial charge < -0.3 is 4.57 Å². The number of nitrogens with zero attached hydrogens (tertiary/aromatic N) is 1. The van der Waals surface area contributed by atoms with Crippen LogP contribution in [0.1, 0.15) is 11.3 Å². The van der Waals surface area contributed by atoms with E-state index in [2.05, 4.69) is 26.6 Å². The first-order valence-electron chi connectivity index (χ1n) is 8.15. The van der Waals surface area contributed by atoms with E-state index in [-0.39, 0.29) is 5.82 Å². The molecule has 0 amide bonds. The molecule has 0 bridgehead atoms. The minimum Gasteiger partial charge on any atom is -0.314 e. The molecule has 0 aliphatic rings. The zero-order valence-electron chi connectivity index (χ0n) is 14.5. The predicted octanol–water partition coefficient (Wildman–Crippen LogP) is 4.93. The number of sulfone groups is 1. The fourth-order valence-corrected chi connectivity index (χ4v) is 4.08. The number of aryl methyl sites for hydroxylation is 1. The lowest BCUT2D eigenvalue weighted by atomic mass is 10.1. The van der Waals surface area contributed by atoms with Crippen molar-refractivity contribution < 1.29 is 12.8 Å². The Morgan fingerprint density at radius 2 is 1.65 bits per heavy atom. The second kappa shape index (κ2) is 7.37. The Hall–Kier alpha value is -1.92. The van der Waals surface area contributed by atoms with Crippen LogP contribution in [0.15, 0.2) is 59.5 Å². The van der Waals surface area contributed by atoms with Crippen LogP contribution in [0.5, 0.6) is 0 Å². The Kier molecular flexibility index (Phi) is 5.34. The van der Waals surface area contributed by atoms with Crippen molar-refractivity contribution >= 4 is 25.8 Å². The number of halogens is 2. The highest BCUT2D eigenvalue weighted by atomic mass is 79.9. The molecule has 0 saturated carbocycles. The van der Waals surface area contributed by atoms with E-state index in [0.29, 0.717) is 4.90 Å². The Labute approximate surface area is 161 Å². The molecule has 0 N–H and O–H groups in total. The monoisotopic (exact) mass is 435 g/mol. The molecule has 0 aliphatic carbocycles. The normalized spacial score (nSPS) is 11.7. The van der Waals surface area contributed by atoms with Crippen LogP contribution in [0, 0.1) is 12.7 Å². The maximum atomic E-state index is 13.3. The van der Waals surface area contributed by atoms with Gasteiger partial charge in [0.25, 0.3) is 0 Å².